The van der Waals surface area contributed by atoms with E-state index < -0.39 is 0 Å². The zero-order valence-corrected chi connectivity index (χ0v) is 21.5. The summed E-state index contributed by atoms with van der Waals surface area (Å²) in [5.74, 6) is -0.210. The third-order valence-corrected chi connectivity index (χ3v) is 7.93. The number of ether oxygens (including phenoxy) is 1. The van der Waals surface area contributed by atoms with Crippen LogP contribution in [0.5, 0.6) is 0 Å². The fourth-order valence-electron chi connectivity index (χ4n) is 4.54. The number of amides is 2. The van der Waals surface area contributed by atoms with Crippen molar-refractivity contribution in [2.75, 3.05) is 44.3 Å². The van der Waals surface area contributed by atoms with Crippen molar-refractivity contribution in [3.05, 3.63) is 88.4 Å². The molecule has 5 rings (SSSR count). The highest BCUT2D eigenvalue weighted by atomic mass is 35.5. The van der Waals surface area contributed by atoms with Crippen LogP contribution >= 0.6 is 23.4 Å². The fraction of sp³-hybridized carbons (Fsp3) is 0.286. The van der Waals surface area contributed by atoms with E-state index in [-0.39, 0.29) is 11.8 Å². The van der Waals surface area contributed by atoms with E-state index in [0.29, 0.717) is 29.2 Å². The Morgan fingerprint density at radius 1 is 1.03 bits per heavy atom. The molecule has 0 radical (unpaired) electrons. The van der Waals surface area contributed by atoms with Gasteiger partial charge in [-0.15, -0.1) is 0 Å². The number of carbonyl (C=O) groups excluding carboxylic acids is 2. The van der Waals surface area contributed by atoms with Crippen molar-refractivity contribution in [3.63, 3.8) is 0 Å². The summed E-state index contributed by atoms with van der Waals surface area (Å²) in [5, 5.41) is 3.70. The number of hydrogen-bond acceptors (Lipinski definition) is 4. The molecule has 3 aromatic rings. The fourth-order valence-corrected chi connectivity index (χ4v) is 5.73. The molecule has 3 aromatic carbocycles. The van der Waals surface area contributed by atoms with E-state index in [2.05, 4.69) is 5.32 Å². The van der Waals surface area contributed by atoms with Crippen LogP contribution in [0.4, 0.5) is 5.69 Å². The summed E-state index contributed by atoms with van der Waals surface area (Å²) in [7, 11) is 0. The average molecular weight is 523 g/mol. The molecule has 0 saturated carbocycles. The third-order valence-electron chi connectivity index (χ3n) is 6.54. The Labute approximate surface area is 220 Å². The summed E-state index contributed by atoms with van der Waals surface area (Å²) >= 11 is 7.63. The van der Waals surface area contributed by atoms with Crippen molar-refractivity contribution in [1.29, 1.82) is 0 Å². The van der Waals surface area contributed by atoms with E-state index in [1.807, 2.05) is 66.7 Å². The Balaban J connectivity index is 1.36. The molecule has 2 amide bonds. The molecule has 0 spiro atoms. The van der Waals surface area contributed by atoms with Crippen LogP contribution in [0, 0.1) is 0 Å². The second kappa shape index (κ2) is 11.5. The number of nitrogens with one attached hydrogen (secondary N) is 2. The Hall–Kier alpha value is -2.84. The Bertz CT molecular complexity index is 1250. The van der Waals surface area contributed by atoms with Gasteiger partial charge < -0.3 is 19.9 Å². The average Bonchev–Trinajstić information content (AvgIpc) is 3.02. The minimum atomic E-state index is -0.125. The number of halogens is 1. The predicted molar refractivity (Wildman–Crippen MR) is 142 cm³/mol. The van der Waals surface area contributed by atoms with Gasteiger partial charge in [0.25, 0.3) is 11.8 Å². The summed E-state index contributed by atoms with van der Waals surface area (Å²) in [5.41, 5.74) is 2.90. The lowest BCUT2D eigenvalue weighted by atomic mass is 10.1. The zero-order chi connectivity index (χ0) is 24.9. The van der Waals surface area contributed by atoms with Gasteiger partial charge in [-0.25, -0.2) is 0 Å². The molecule has 2 heterocycles. The quantitative estimate of drug-likeness (QED) is 0.465. The largest absolute Gasteiger partial charge is 0.370 e. The topological polar surface area (TPSA) is 63.1 Å². The number of anilines is 1. The molecule has 2 N–H and O–H groups in total. The SMILES string of the molecule is O=C(NCCC[NH+]1CCOCC1)c1ccc2c(c1)N(Cc1ccc(Cl)cc1)C(=O)c1ccccc1S2. The summed E-state index contributed by atoms with van der Waals surface area (Å²) in [4.78, 5) is 31.8. The number of morpholine rings is 1. The highest BCUT2D eigenvalue weighted by Crippen LogP contribution is 2.42. The number of hydrogen-bond donors (Lipinski definition) is 2. The van der Waals surface area contributed by atoms with Crippen molar-refractivity contribution >= 4 is 40.9 Å². The van der Waals surface area contributed by atoms with E-state index in [1.165, 1.54) is 4.90 Å². The lowest BCUT2D eigenvalue weighted by Gasteiger charge is -2.24. The molecule has 1 fully saturated rings. The van der Waals surface area contributed by atoms with Crippen LogP contribution in [0.25, 0.3) is 0 Å². The maximum atomic E-state index is 13.7. The van der Waals surface area contributed by atoms with Gasteiger partial charge in [0.05, 0.1) is 37.6 Å². The van der Waals surface area contributed by atoms with Crippen LogP contribution in [0.1, 0.15) is 32.7 Å². The molecule has 186 valence electrons. The van der Waals surface area contributed by atoms with Crippen molar-refractivity contribution in [2.24, 2.45) is 0 Å². The number of quaternary nitrogens is 1. The molecular weight excluding hydrogens is 494 g/mol. The standard InChI is InChI=1S/C28H28ClN3O3S/c29-22-9-6-20(7-10-22)19-32-24-18-21(27(33)30-12-3-13-31-14-16-35-17-15-31)8-11-26(24)36-25-5-2-1-4-23(25)28(32)34/h1-2,4-11,18H,3,12-17,19H2,(H,30,33)/p+1. The summed E-state index contributed by atoms with van der Waals surface area (Å²) < 4.78 is 5.41. The number of benzene rings is 3. The van der Waals surface area contributed by atoms with E-state index in [0.717, 1.165) is 60.3 Å². The van der Waals surface area contributed by atoms with Crippen molar-refractivity contribution in [1.82, 2.24) is 5.32 Å². The van der Waals surface area contributed by atoms with E-state index in [4.69, 9.17) is 16.3 Å². The van der Waals surface area contributed by atoms with Gasteiger partial charge >= 0.3 is 0 Å². The Morgan fingerprint density at radius 3 is 2.61 bits per heavy atom. The molecule has 0 unspecified atom stereocenters. The second-order valence-electron chi connectivity index (χ2n) is 9.02. The summed E-state index contributed by atoms with van der Waals surface area (Å²) in [6.07, 6.45) is 0.915. The lowest BCUT2D eigenvalue weighted by Crippen LogP contribution is -3.14. The highest BCUT2D eigenvalue weighted by Gasteiger charge is 2.28. The normalized spacial score (nSPS) is 15.7. The van der Waals surface area contributed by atoms with Crippen LogP contribution in [0.15, 0.2) is 76.5 Å². The van der Waals surface area contributed by atoms with Crippen LogP contribution in [0.3, 0.4) is 0 Å². The number of carbonyl (C=O) groups is 2. The molecule has 6 nitrogen and oxygen atoms in total. The van der Waals surface area contributed by atoms with E-state index in [1.54, 1.807) is 16.7 Å². The zero-order valence-electron chi connectivity index (χ0n) is 20.0. The Kier molecular flexibility index (Phi) is 7.92. The molecule has 8 heteroatoms. The minimum Gasteiger partial charge on any atom is -0.370 e. The van der Waals surface area contributed by atoms with Gasteiger partial charge in [-0.1, -0.05) is 47.6 Å². The van der Waals surface area contributed by atoms with Crippen LogP contribution in [-0.4, -0.2) is 51.2 Å². The predicted octanol–water partition coefficient (Wildman–Crippen LogP) is 3.69. The minimum absolute atomic E-state index is 0.0853. The van der Waals surface area contributed by atoms with Crippen LogP contribution < -0.4 is 15.1 Å². The number of rotatable bonds is 7. The Morgan fingerprint density at radius 2 is 1.81 bits per heavy atom. The first-order valence-corrected chi connectivity index (χ1v) is 13.4. The first-order valence-electron chi connectivity index (χ1n) is 12.3. The van der Waals surface area contributed by atoms with Gasteiger partial charge in [0.15, 0.2) is 0 Å². The molecular formula is C28H29ClN3O3S+. The molecule has 0 aliphatic carbocycles. The smallest absolute Gasteiger partial charge is 0.259 e. The van der Waals surface area contributed by atoms with E-state index in [9.17, 15) is 9.59 Å². The number of nitrogens with zero attached hydrogens (tertiary/aromatic N) is 1. The van der Waals surface area contributed by atoms with Crippen molar-refractivity contribution in [3.8, 4) is 0 Å². The highest BCUT2D eigenvalue weighted by molar-refractivity contribution is 7.99. The van der Waals surface area contributed by atoms with Gasteiger partial charge in [0.2, 0.25) is 0 Å². The third kappa shape index (κ3) is 5.76. The summed E-state index contributed by atoms with van der Waals surface area (Å²) in [6.45, 7) is 5.69. The maximum absolute atomic E-state index is 13.7. The molecule has 0 atom stereocenters. The van der Waals surface area contributed by atoms with E-state index >= 15 is 0 Å². The first kappa shape index (κ1) is 24.8. The van der Waals surface area contributed by atoms with Gasteiger partial charge in [0, 0.05) is 33.3 Å². The van der Waals surface area contributed by atoms with Crippen LogP contribution in [-0.2, 0) is 11.3 Å². The second-order valence-corrected chi connectivity index (χ2v) is 10.5. The van der Waals surface area contributed by atoms with Gasteiger partial charge in [0.1, 0.15) is 13.1 Å². The molecule has 0 bridgehead atoms. The molecule has 1 saturated heterocycles. The lowest BCUT2D eigenvalue weighted by molar-refractivity contribution is -0.908. The van der Waals surface area contributed by atoms with Crippen molar-refractivity contribution in [2.45, 2.75) is 22.8 Å². The molecule has 2 aliphatic heterocycles. The molecule has 36 heavy (non-hydrogen) atoms. The first-order chi connectivity index (χ1) is 17.6. The number of fused-ring (bicyclic) bond motifs is 2. The molecule has 2 aliphatic rings. The van der Waals surface area contributed by atoms with Gasteiger partial charge in [-0.05, 0) is 48.0 Å². The van der Waals surface area contributed by atoms with Gasteiger partial charge in [-0.3, -0.25) is 9.59 Å². The van der Waals surface area contributed by atoms with Crippen molar-refractivity contribution < 1.29 is 19.2 Å². The molecule has 0 aromatic heterocycles. The maximum Gasteiger partial charge on any atom is 0.259 e. The van der Waals surface area contributed by atoms with Gasteiger partial charge in [-0.2, -0.15) is 0 Å². The monoisotopic (exact) mass is 522 g/mol. The van der Waals surface area contributed by atoms with Crippen LogP contribution in [0.2, 0.25) is 5.02 Å². The summed E-state index contributed by atoms with van der Waals surface area (Å²) in [6, 6.07) is 20.8.